The smallest absolute Gasteiger partial charge is 0.299 e. The summed E-state index contributed by atoms with van der Waals surface area (Å²) in [4.78, 5) is 112. The lowest BCUT2D eigenvalue weighted by molar-refractivity contribution is -0.392. The second-order valence-corrected chi connectivity index (χ2v) is 29.4. The highest BCUT2D eigenvalue weighted by Gasteiger charge is 2.34. The molecule has 43 heteroatoms. The number of fused-ring (bicyclic) bond motifs is 2. The largest absolute Gasteiger partial charge is 0.496 e. The molecule has 2 aliphatic rings. The fraction of sp³-hybridized carbons (Fsp3) is 0.462. The van der Waals surface area contributed by atoms with E-state index in [1.807, 2.05) is 67.7 Å². The van der Waals surface area contributed by atoms with Gasteiger partial charge in [-0.1, -0.05) is 41.6 Å². The van der Waals surface area contributed by atoms with E-state index in [4.69, 9.17) is 94.1 Å². The van der Waals surface area contributed by atoms with Crippen LogP contribution >= 0.6 is 0 Å². The number of para-hydroxylation sites is 1. The predicted molar refractivity (Wildman–Crippen MR) is 493 cm³/mol. The first-order valence-corrected chi connectivity index (χ1v) is 44.2. The number of nitro benzene ring substituents is 2. The van der Waals surface area contributed by atoms with E-state index < -0.39 is 44.6 Å². The number of benzene rings is 5. The molecular weight excluding hydrogens is 1780 g/mol. The number of amides is 4. The highest BCUT2D eigenvalue weighted by Crippen LogP contribution is 2.39. The van der Waals surface area contributed by atoms with Gasteiger partial charge in [0.1, 0.15) is 42.3 Å². The fourth-order valence-electron chi connectivity index (χ4n) is 13.5. The lowest BCUT2D eigenvalue weighted by Crippen LogP contribution is -2.52. The Balaban J connectivity index is 0.000000210. The van der Waals surface area contributed by atoms with Crippen LogP contribution in [0.4, 0.5) is 17.1 Å². The Morgan fingerprint density at radius 3 is 1.17 bits per heavy atom. The third-order valence-electron chi connectivity index (χ3n) is 20.3. The quantitative estimate of drug-likeness (QED) is 0.00692. The van der Waals surface area contributed by atoms with Gasteiger partial charge in [-0.2, -0.15) is 0 Å². The molecule has 738 valence electrons. The molecule has 7 heterocycles. The van der Waals surface area contributed by atoms with E-state index in [2.05, 4.69) is 30.9 Å². The first-order valence-electron chi connectivity index (χ1n) is 44.2. The maximum atomic E-state index is 13.3. The molecule has 43 nitrogen and oxygen atoms in total. The third kappa shape index (κ3) is 35.4. The highest BCUT2D eigenvalue weighted by molar-refractivity contribution is 6.46. The number of hydrogen-bond donors (Lipinski definition) is 4. The zero-order chi connectivity index (χ0) is 96.5. The van der Waals surface area contributed by atoms with E-state index in [-0.39, 0.29) is 68.8 Å². The van der Waals surface area contributed by atoms with Crippen LogP contribution in [0.25, 0.3) is 44.5 Å². The third-order valence-corrected chi connectivity index (χ3v) is 20.3. The summed E-state index contributed by atoms with van der Waals surface area (Å²) in [5.41, 5.74) is 4.18. The Labute approximate surface area is 785 Å². The molecule has 2 saturated heterocycles. The summed E-state index contributed by atoms with van der Waals surface area (Å²) in [6, 6.07) is 36.1. The number of Topliss-reactive ketones (excluding diaryl/α,β-unsaturated/α-hetero) is 2. The number of ketones is 2. The van der Waals surface area contributed by atoms with Gasteiger partial charge in [0.2, 0.25) is 0 Å². The zero-order valence-corrected chi connectivity index (χ0v) is 77.2. The van der Waals surface area contributed by atoms with Crippen molar-refractivity contribution < 1.29 is 133 Å². The van der Waals surface area contributed by atoms with Crippen molar-refractivity contribution in [1.29, 1.82) is 0 Å². The van der Waals surface area contributed by atoms with Crippen molar-refractivity contribution in [3.63, 3.8) is 0 Å². The topological polar surface area (TPSA) is 480 Å². The first kappa shape index (κ1) is 107. The fourth-order valence-corrected chi connectivity index (χ4v) is 13.5. The Morgan fingerprint density at radius 1 is 0.412 bits per heavy atom. The monoisotopic (exact) mass is 1900 g/mol. The predicted octanol–water partition coefficient (Wildman–Crippen LogP) is 8.52. The van der Waals surface area contributed by atoms with Gasteiger partial charge in [0, 0.05) is 126 Å². The van der Waals surface area contributed by atoms with Crippen molar-refractivity contribution >= 4 is 74.1 Å². The number of nitro groups is 2. The molecule has 12 rings (SSSR count). The average Bonchev–Trinajstić information content (AvgIpc) is 1.60. The molecule has 2 aliphatic heterocycles. The molecule has 0 spiro atoms. The van der Waals surface area contributed by atoms with Gasteiger partial charge in [-0.3, -0.25) is 49.0 Å². The van der Waals surface area contributed by atoms with Gasteiger partial charge in [-0.15, -0.1) is 5.10 Å². The molecule has 0 unspecified atom stereocenters. The summed E-state index contributed by atoms with van der Waals surface area (Å²) in [7, 11) is 8.22. The number of carbonyl (C=O) groups excluding carboxylic acids is 6. The van der Waals surface area contributed by atoms with Crippen molar-refractivity contribution in [2.75, 3.05) is 279 Å². The number of aromatic amines is 2. The van der Waals surface area contributed by atoms with E-state index in [1.54, 1.807) is 96.0 Å². The number of rotatable bonds is 60. The van der Waals surface area contributed by atoms with E-state index in [0.717, 1.165) is 17.7 Å². The van der Waals surface area contributed by atoms with E-state index in [1.165, 1.54) is 54.6 Å². The van der Waals surface area contributed by atoms with Crippen molar-refractivity contribution in [3.05, 3.63) is 207 Å². The molecule has 5 aromatic heterocycles. The van der Waals surface area contributed by atoms with Gasteiger partial charge < -0.3 is 134 Å². The molecule has 2 fully saturated rings. The lowest BCUT2D eigenvalue weighted by Gasteiger charge is -2.34. The summed E-state index contributed by atoms with van der Waals surface area (Å²) in [5, 5.41) is 37.1. The van der Waals surface area contributed by atoms with Crippen LogP contribution in [0.1, 0.15) is 47.1 Å². The van der Waals surface area contributed by atoms with Gasteiger partial charge in [0.05, 0.1) is 241 Å². The van der Waals surface area contributed by atoms with E-state index in [9.17, 15) is 49.0 Å². The second-order valence-electron chi connectivity index (χ2n) is 29.4. The lowest BCUT2D eigenvalue weighted by atomic mass is 10.0. The van der Waals surface area contributed by atoms with E-state index in [0.29, 0.717) is 266 Å². The molecule has 0 radical (unpaired) electrons. The number of hydrogen-bond acceptors (Lipinski definition) is 34. The molecule has 4 N–H and O–H groups in total. The minimum atomic E-state index is -0.695. The summed E-state index contributed by atoms with van der Waals surface area (Å²) in [6.07, 6.45) is 7.97. The number of aromatic nitrogens is 5. The molecule has 10 aromatic rings. The van der Waals surface area contributed by atoms with Crippen LogP contribution in [0.15, 0.2) is 167 Å². The number of methoxy groups -OCH3 is 4. The van der Waals surface area contributed by atoms with Crippen molar-refractivity contribution in [1.82, 2.24) is 49.9 Å². The highest BCUT2D eigenvalue weighted by atomic mass is 16.8. The van der Waals surface area contributed by atoms with Gasteiger partial charge in [-0.05, 0) is 85.9 Å². The number of carbonyl (C=O) groups is 6. The number of nitrogens with one attached hydrogen (secondary N) is 4. The minimum Gasteiger partial charge on any atom is -0.496 e. The van der Waals surface area contributed by atoms with Crippen LogP contribution in [-0.2, 0) is 98.5 Å². The number of ether oxygens (including phenoxy) is 18. The standard InChI is InChI=1S/C27H44N6O14.2C26H23N3O5.C14H31NO6/c1-38-9-10-40-13-14-42-17-18-43-16-15-41-12-11-39-8-6-31-19-24(29-30-31)20-45-22-47-23-46-21-44-7-5-28-27-25(32(34)35)3-2-4-26(27)33(36)37;2*1-33-21-10-9-18(20-8-5-15-34-20)23-22(21)19(16-27-23)24(30)26(32)29-13-11-28(12-14-29)25(31)17-6-3-2-4-7-17;1-15-3-4-17-7-8-19-11-12-21-14-13-20-10-9-18-6-5-16-2/h2-4,19,28H,5-18,20-23H2,1H3;2*2-10,15-16,27H,11-14H2,1H3;15H,3-14H2,1-2H3. The normalized spacial score (nSPS) is 12.5. The molecule has 0 aliphatic carbocycles. The Hall–Kier alpha value is -12.4. The van der Waals surface area contributed by atoms with E-state index >= 15 is 0 Å². The summed E-state index contributed by atoms with van der Waals surface area (Å²) in [6.45, 7) is 16.2. The van der Waals surface area contributed by atoms with Gasteiger partial charge >= 0.3 is 0 Å². The van der Waals surface area contributed by atoms with Gasteiger partial charge in [-0.25, -0.2) is 4.68 Å². The van der Waals surface area contributed by atoms with Crippen molar-refractivity contribution in [2.45, 2.75) is 13.2 Å². The van der Waals surface area contributed by atoms with Crippen LogP contribution in [0.2, 0.25) is 0 Å². The van der Waals surface area contributed by atoms with Gasteiger partial charge in [0.15, 0.2) is 12.5 Å². The number of likely N-dealkylation sites (N-methyl/N-ethyl adjacent to an activating group) is 1. The molecule has 4 amide bonds. The van der Waals surface area contributed by atoms with Crippen LogP contribution < -0.4 is 20.1 Å². The zero-order valence-electron chi connectivity index (χ0n) is 77.2. The van der Waals surface area contributed by atoms with Crippen LogP contribution in [0.5, 0.6) is 11.5 Å². The minimum absolute atomic E-state index is 0.0528. The molecule has 5 aromatic carbocycles. The first-order chi connectivity index (χ1) is 66.6. The SMILES string of the molecule is CNCCOCCOCCOCCOCCOCCOC.COCCOCCOCCOCCOCCOCCn1cc(COCOCOCOCCNc2c([N+](=O)[O-])cccc2[N+](=O)[O-])nn1.COc1ccc(-c2ccco2)c2[nH]cc(C(=O)C(=O)N3CCN(C(=O)c4ccccc4)CC3)c12.COc1ccc(-c2ccco2)c2[nH]cc(C(=O)C(=O)N3CCN(C(=O)c4ccccc4)CC3)c12. The van der Waals surface area contributed by atoms with Crippen LogP contribution in [-0.4, -0.2) is 363 Å². The second kappa shape index (κ2) is 62.3. The number of furan rings is 2. The Bertz CT molecular complexity index is 4880. The number of nitrogens with zero attached hydrogens (tertiary/aromatic N) is 9. The Kier molecular flexibility index (Phi) is 49.2. The van der Waals surface area contributed by atoms with Gasteiger partial charge in [0.25, 0.3) is 46.6 Å². The van der Waals surface area contributed by atoms with Crippen molar-refractivity contribution in [2.24, 2.45) is 0 Å². The molecule has 0 atom stereocenters. The number of H-pyrrole nitrogens is 2. The molecular formula is C93H121N13O30. The summed E-state index contributed by atoms with van der Waals surface area (Å²) >= 11 is 0. The number of piperazine rings is 2. The van der Waals surface area contributed by atoms with Crippen molar-refractivity contribution in [3.8, 4) is 34.1 Å². The Morgan fingerprint density at radius 2 is 0.787 bits per heavy atom. The number of anilines is 1. The molecule has 0 bridgehead atoms. The summed E-state index contributed by atoms with van der Waals surface area (Å²) in [5.74, 6) is -0.346. The van der Waals surface area contributed by atoms with Crippen LogP contribution in [0.3, 0.4) is 0 Å². The molecule has 0 saturated carbocycles. The molecule has 136 heavy (non-hydrogen) atoms. The van der Waals surface area contributed by atoms with Crippen LogP contribution in [0, 0.1) is 20.2 Å². The maximum absolute atomic E-state index is 13.3. The maximum Gasteiger partial charge on any atom is 0.299 e. The summed E-state index contributed by atoms with van der Waals surface area (Å²) < 4.78 is 108. The average molecular weight is 1900 g/mol.